The standard InChI is InChI=1S/C12H17NO5S/c1-8(6-11(14)15)19(16)7-9-12(18-3)10(17-2)4-5-13-9/h4-5,8H,6-7H2,1-3H3,(H,14,15). The molecule has 0 bridgehead atoms. The Labute approximate surface area is 114 Å². The summed E-state index contributed by atoms with van der Waals surface area (Å²) in [5, 5.41) is 8.24. The van der Waals surface area contributed by atoms with Crippen LogP contribution in [-0.4, -0.2) is 39.7 Å². The lowest BCUT2D eigenvalue weighted by Crippen LogP contribution is -2.17. The topological polar surface area (TPSA) is 85.7 Å². The molecule has 0 aliphatic carbocycles. The van der Waals surface area contributed by atoms with Gasteiger partial charge >= 0.3 is 5.97 Å². The molecule has 0 radical (unpaired) electrons. The molecule has 1 heterocycles. The van der Waals surface area contributed by atoms with Gasteiger partial charge in [0.15, 0.2) is 11.5 Å². The van der Waals surface area contributed by atoms with Gasteiger partial charge in [-0.2, -0.15) is 0 Å². The summed E-state index contributed by atoms with van der Waals surface area (Å²) in [5.74, 6) is 0.108. The Morgan fingerprint density at radius 2 is 2.16 bits per heavy atom. The van der Waals surface area contributed by atoms with Gasteiger partial charge in [-0.1, -0.05) is 6.92 Å². The Hall–Kier alpha value is -1.63. The molecule has 19 heavy (non-hydrogen) atoms. The molecule has 0 spiro atoms. The third-order valence-electron chi connectivity index (χ3n) is 2.56. The van der Waals surface area contributed by atoms with Crippen molar-refractivity contribution in [1.29, 1.82) is 0 Å². The van der Waals surface area contributed by atoms with E-state index < -0.39 is 22.0 Å². The Balaban J connectivity index is 2.87. The molecule has 2 unspecified atom stereocenters. The van der Waals surface area contributed by atoms with Crippen LogP contribution in [0.3, 0.4) is 0 Å². The summed E-state index contributed by atoms with van der Waals surface area (Å²) in [7, 11) is 1.65. The molecular formula is C12H17NO5S. The molecule has 1 aromatic rings. The van der Waals surface area contributed by atoms with Gasteiger partial charge in [-0.15, -0.1) is 0 Å². The lowest BCUT2D eigenvalue weighted by atomic mass is 10.3. The van der Waals surface area contributed by atoms with Crippen LogP contribution >= 0.6 is 0 Å². The lowest BCUT2D eigenvalue weighted by molar-refractivity contribution is -0.136. The minimum absolute atomic E-state index is 0.134. The Morgan fingerprint density at radius 3 is 2.68 bits per heavy atom. The second-order valence-electron chi connectivity index (χ2n) is 3.93. The van der Waals surface area contributed by atoms with Crippen molar-refractivity contribution >= 4 is 16.8 Å². The first-order chi connectivity index (χ1) is 8.99. The van der Waals surface area contributed by atoms with E-state index in [9.17, 15) is 9.00 Å². The molecule has 7 heteroatoms. The minimum Gasteiger partial charge on any atom is -0.493 e. The molecule has 0 aromatic carbocycles. The molecule has 1 aromatic heterocycles. The fraction of sp³-hybridized carbons (Fsp3) is 0.500. The van der Waals surface area contributed by atoms with E-state index in [-0.39, 0.29) is 12.2 Å². The van der Waals surface area contributed by atoms with Crippen LogP contribution in [0.5, 0.6) is 11.5 Å². The van der Waals surface area contributed by atoms with Gasteiger partial charge in [0.2, 0.25) is 0 Å². The van der Waals surface area contributed by atoms with Crippen molar-refractivity contribution in [2.45, 2.75) is 24.3 Å². The molecule has 0 fully saturated rings. The van der Waals surface area contributed by atoms with Crippen molar-refractivity contribution in [1.82, 2.24) is 4.98 Å². The highest BCUT2D eigenvalue weighted by Crippen LogP contribution is 2.30. The first kappa shape index (κ1) is 15.4. The number of ether oxygens (including phenoxy) is 2. The zero-order valence-corrected chi connectivity index (χ0v) is 11.9. The molecule has 0 amide bonds. The first-order valence-electron chi connectivity index (χ1n) is 5.64. The van der Waals surface area contributed by atoms with Crippen molar-refractivity contribution in [3.05, 3.63) is 18.0 Å². The molecule has 2 atom stereocenters. The number of pyridine rings is 1. The van der Waals surface area contributed by atoms with E-state index in [2.05, 4.69) is 4.98 Å². The fourth-order valence-corrected chi connectivity index (χ4v) is 2.66. The van der Waals surface area contributed by atoms with Gasteiger partial charge in [0.05, 0.1) is 32.1 Å². The normalized spacial score (nSPS) is 13.6. The highest BCUT2D eigenvalue weighted by atomic mass is 32.2. The number of methoxy groups -OCH3 is 2. The number of rotatable bonds is 7. The van der Waals surface area contributed by atoms with E-state index in [0.29, 0.717) is 17.2 Å². The van der Waals surface area contributed by atoms with Crippen LogP contribution in [-0.2, 0) is 21.3 Å². The van der Waals surface area contributed by atoms with Crippen LogP contribution in [0.1, 0.15) is 19.0 Å². The highest BCUT2D eigenvalue weighted by molar-refractivity contribution is 7.84. The minimum atomic E-state index is -1.34. The largest absolute Gasteiger partial charge is 0.493 e. The van der Waals surface area contributed by atoms with Gasteiger partial charge in [0, 0.05) is 28.3 Å². The maximum atomic E-state index is 12.0. The summed E-state index contributed by atoms with van der Waals surface area (Å²) < 4.78 is 22.3. The van der Waals surface area contributed by atoms with Crippen LogP contribution in [0.25, 0.3) is 0 Å². The van der Waals surface area contributed by atoms with Crippen LogP contribution in [0.15, 0.2) is 12.3 Å². The number of hydrogen-bond acceptors (Lipinski definition) is 5. The van der Waals surface area contributed by atoms with Crippen molar-refractivity contribution in [3.8, 4) is 11.5 Å². The number of carboxylic acids is 1. The lowest BCUT2D eigenvalue weighted by Gasteiger charge is -2.13. The number of hydrogen-bond donors (Lipinski definition) is 1. The van der Waals surface area contributed by atoms with E-state index in [1.54, 1.807) is 13.0 Å². The van der Waals surface area contributed by atoms with Gasteiger partial charge in [0.25, 0.3) is 0 Å². The van der Waals surface area contributed by atoms with E-state index in [1.165, 1.54) is 20.4 Å². The van der Waals surface area contributed by atoms with E-state index in [4.69, 9.17) is 14.6 Å². The van der Waals surface area contributed by atoms with Gasteiger partial charge in [-0.05, 0) is 0 Å². The molecule has 106 valence electrons. The number of nitrogens with zero attached hydrogens (tertiary/aromatic N) is 1. The van der Waals surface area contributed by atoms with Crippen molar-refractivity contribution < 1.29 is 23.6 Å². The Bertz CT molecular complexity index is 477. The van der Waals surface area contributed by atoms with E-state index >= 15 is 0 Å². The predicted octanol–water partition coefficient (Wildman–Crippen LogP) is 1.21. The molecule has 1 rings (SSSR count). The number of carboxylic acid groups (broad SMARTS) is 1. The molecule has 0 saturated heterocycles. The second kappa shape index (κ2) is 7.08. The molecule has 0 aliphatic rings. The van der Waals surface area contributed by atoms with Crippen LogP contribution in [0.4, 0.5) is 0 Å². The third-order valence-corrected chi connectivity index (χ3v) is 4.18. The van der Waals surface area contributed by atoms with E-state index in [1.807, 2.05) is 0 Å². The molecule has 0 aliphatic heterocycles. The van der Waals surface area contributed by atoms with Gasteiger partial charge in [-0.3, -0.25) is 14.0 Å². The van der Waals surface area contributed by atoms with Gasteiger partial charge < -0.3 is 14.6 Å². The van der Waals surface area contributed by atoms with Crippen LogP contribution in [0, 0.1) is 0 Å². The van der Waals surface area contributed by atoms with Crippen LogP contribution in [0.2, 0.25) is 0 Å². The summed E-state index contributed by atoms with van der Waals surface area (Å²) in [4.78, 5) is 14.7. The smallest absolute Gasteiger partial charge is 0.304 e. The number of carbonyl (C=O) groups is 1. The number of aromatic nitrogens is 1. The van der Waals surface area contributed by atoms with Gasteiger partial charge in [0.1, 0.15) is 0 Å². The molecule has 1 N–H and O–H groups in total. The second-order valence-corrected chi connectivity index (χ2v) is 5.78. The van der Waals surface area contributed by atoms with Gasteiger partial charge in [-0.25, -0.2) is 0 Å². The molecule has 6 nitrogen and oxygen atoms in total. The maximum absolute atomic E-state index is 12.0. The Morgan fingerprint density at radius 1 is 1.47 bits per heavy atom. The SMILES string of the molecule is COc1ccnc(CS(=O)C(C)CC(=O)O)c1OC. The van der Waals surface area contributed by atoms with Crippen molar-refractivity contribution in [2.24, 2.45) is 0 Å². The molecule has 0 saturated carbocycles. The summed E-state index contributed by atoms with van der Waals surface area (Å²) in [6.45, 7) is 1.64. The van der Waals surface area contributed by atoms with E-state index in [0.717, 1.165) is 0 Å². The zero-order chi connectivity index (χ0) is 14.4. The fourth-order valence-electron chi connectivity index (χ4n) is 1.57. The summed E-state index contributed by atoms with van der Waals surface area (Å²) in [5.41, 5.74) is 0.498. The maximum Gasteiger partial charge on any atom is 0.304 e. The quantitative estimate of drug-likeness (QED) is 0.811. The Kier molecular flexibility index (Phi) is 5.75. The zero-order valence-electron chi connectivity index (χ0n) is 11.1. The third kappa shape index (κ3) is 4.20. The summed E-state index contributed by atoms with van der Waals surface area (Å²) >= 11 is 0. The number of aliphatic carboxylic acids is 1. The average molecular weight is 287 g/mol. The summed E-state index contributed by atoms with van der Waals surface area (Å²) in [6.07, 6.45) is 1.40. The van der Waals surface area contributed by atoms with Crippen molar-refractivity contribution in [2.75, 3.05) is 14.2 Å². The predicted molar refractivity (Wildman–Crippen MR) is 70.9 cm³/mol. The van der Waals surface area contributed by atoms with Crippen LogP contribution < -0.4 is 9.47 Å². The molecular weight excluding hydrogens is 270 g/mol. The monoisotopic (exact) mass is 287 g/mol. The summed E-state index contributed by atoms with van der Waals surface area (Å²) in [6, 6.07) is 1.64. The highest BCUT2D eigenvalue weighted by Gasteiger charge is 2.19. The average Bonchev–Trinajstić information content (AvgIpc) is 2.37. The first-order valence-corrected chi connectivity index (χ1v) is 7.02. The van der Waals surface area contributed by atoms with Crippen molar-refractivity contribution in [3.63, 3.8) is 0 Å².